The lowest BCUT2D eigenvalue weighted by Gasteiger charge is -2.05. The normalized spacial score (nSPS) is 11.8. The van der Waals surface area contributed by atoms with Crippen LogP contribution in [0.2, 0.25) is 0 Å². The van der Waals surface area contributed by atoms with Crippen LogP contribution >= 0.6 is 11.3 Å². The Hall–Kier alpha value is -1.85. The van der Waals surface area contributed by atoms with Crippen molar-refractivity contribution in [2.45, 2.75) is 26.9 Å². The zero-order valence-corrected chi connectivity index (χ0v) is 12.5. The Balaban J connectivity index is 1.94. The first-order valence-corrected chi connectivity index (χ1v) is 7.25. The quantitative estimate of drug-likeness (QED) is 0.343. The molecule has 0 bridgehead atoms. The number of nitrogens with two attached hydrogens (primary N) is 1. The summed E-state index contributed by atoms with van der Waals surface area (Å²) in [6.45, 7) is 5.88. The largest absolute Gasteiger partial charge is 0.409 e. The summed E-state index contributed by atoms with van der Waals surface area (Å²) in [5.74, 6) is 0.136. The van der Waals surface area contributed by atoms with E-state index in [1.165, 1.54) is 15.3 Å². The van der Waals surface area contributed by atoms with Gasteiger partial charge in [-0.25, -0.2) is 0 Å². The van der Waals surface area contributed by atoms with Gasteiger partial charge >= 0.3 is 0 Å². The van der Waals surface area contributed by atoms with Crippen LogP contribution in [-0.4, -0.2) is 11.0 Å². The molecular weight excluding hydrogens is 270 g/mol. The third-order valence-electron chi connectivity index (χ3n) is 3.18. The number of oxime groups is 1. The Labute approximate surface area is 122 Å². The van der Waals surface area contributed by atoms with Crippen molar-refractivity contribution < 1.29 is 5.21 Å². The van der Waals surface area contributed by atoms with Crippen LogP contribution in [0, 0.1) is 13.8 Å². The third kappa shape index (κ3) is 3.59. The Kier molecular flexibility index (Phi) is 4.76. The second kappa shape index (κ2) is 6.54. The van der Waals surface area contributed by atoms with Crippen molar-refractivity contribution >= 4 is 17.2 Å². The predicted octanol–water partition coefficient (Wildman–Crippen LogP) is 2.75. The van der Waals surface area contributed by atoms with Crippen molar-refractivity contribution in [1.29, 1.82) is 0 Å². The van der Waals surface area contributed by atoms with E-state index in [1.807, 2.05) is 35.6 Å². The molecule has 4 N–H and O–H groups in total. The molecule has 2 aromatic rings. The molecule has 0 amide bonds. The number of nitrogens with one attached hydrogen (secondary N) is 1. The van der Waals surface area contributed by atoms with Gasteiger partial charge in [0.05, 0.1) is 0 Å². The Bertz CT molecular complexity index is 600. The van der Waals surface area contributed by atoms with E-state index in [1.54, 1.807) is 0 Å². The fourth-order valence-electron chi connectivity index (χ4n) is 1.97. The number of benzene rings is 1. The molecule has 1 aromatic carbocycles. The first kappa shape index (κ1) is 14.6. The summed E-state index contributed by atoms with van der Waals surface area (Å²) in [6, 6.07) is 9.90. The van der Waals surface area contributed by atoms with Gasteiger partial charge in [0.2, 0.25) is 0 Å². The van der Waals surface area contributed by atoms with Crippen molar-refractivity contribution in [2.24, 2.45) is 10.9 Å². The monoisotopic (exact) mass is 289 g/mol. The van der Waals surface area contributed by atoms with Gasteiger partial charge in [-0.05, 0) is 37.1 Å². The lowest BCUT2D eigenvalue weighted by Crippen LogP contribution is -2.15. The molecule has 0 spiro atoms. The van der Waals surface area contributed by atoms with E-state index in [0.29, 0.717) is 0 Å². The van der Waals surface area contributed by atoms with Gasteiger partial charge in [-0.2, -0.15) is 0 Å². The van der Waals surface area contributed by atoms with E-state index >= 15 is 0 Å². The van der Waals surface area contributed by atoms with Crippen LogP contribution < -0.4 is 11.1 Å². The highest BCUT2D eigenvalue weighted by Gasteiger charge is 2.03. The molecule has 0 fully saturated rings. The van der Waals surface area contributed by atoms with Crippen LogP contribution in [0.1, 0.15) is 26.4 Å². The van der Waals surface area contributed by atoms with E-state index in [4.69, 9.17) is 10.9 Å². The number of aryl methyl sites for hydroxylation is 2. The molecule has 4 nitrogen and oxygen atoms in total. The maximum Gasteiger partial charge on any atom is 0.170 e. The number of thiophene rings is 1. The summed E-state index contributed by atoms with van der Waals surface area (Å²) in [5, 5.41) is 15.1. The molecular formula is C15H19N3OS. The standard InChI is InChI=1S/C15H19N3OS/c1-10-6-14(20-11(10)2)9-17-8-12-4-3-5-13(7-12)15(16)18-19/h3-7,17,19H,8-9H2,1-2H3,(H2,16,18). The molecule has 106 valence electrons. The maximum absolute atomic E-state index is 8.68. The molecule has 0 saturated heterocycles. The minimum Gasteiger partial charge on any atom is -0.409 e. The summed E-state index contributed by atoms with van der Waals surface area (Å²) < 4.78 is 0. The van der Waals surface area contributed by atoms with Gasteiger partial charge in [-0.1, -0.05) is 23.4 Å². The summed E-state index contributed by atoms with van der Waals surface area (Å²) in [4.78, 5) is 2.71. The molecule has 2 rings (SSSR count). The lowest BCUT2D eigenvalue weighted by atomic mass is 10.1. The minimum atomic E-state index is 0.136. The van der Waals surface area contributed by atoms with E-state index in [-0.39, 0.29) is 5.84 Å². The summed E-state index contributed by atoms with van der Waals surface area (Å²) >= 11 is 1.83. The molecule has 5 heteroatoms. The van der Waals surface area contributed by atoms with E-state index in [0.717, 1.165) is 24.2 Å². The van der Waals surface area contributed by atoms with E-state index in [2.05, 4.69) is 30.4 Å². The van der Waals surface area contributed by atoms with Crippen LogP contribution in [0.4, 0.5) is 0 Å². The van der Waals surface area contributed by atoms with Crippen LogP contribution in [0.25, 0.3) is 0 Å². The van der Waals surface area contributed by atoms with Gasteiger partial charge in [-0.15, -0.1) is 11.3 Å². The maximum atomic E-state index is 8.68. The number of rotatable bonds is 5. The molecule has 0 radical (unpaired) electrons. The average molecular weight is 289 g/mol. The number of amidine groups is 1. The third-order valence-corrected chi connectivity index (χ3v) is 4.33. The molecule has 0 aliphatic carbocycles. The Morgan fingerprint density at radius 1 is 1.30 bits per heavy atom. The first-order chi connectivity index (χ1) is 9.60. The van der Waals surface area contributed by atoms with Gasteiger partial charge in [0.1, 0.15) is 0 Å². The van der Waals surface area contributed by atoms with Crippen LogP contribution in [-0.2, 0) is 13.1 Å². The smallest absolute Gasteiger partial charge is 0.170 e. The first-order valence-electron chi connectivity index (χ1n) is 6.43. The molecule has 0 aliphatic rings. The molecule has 1 heterocycles. The van der Waals surface area contributed by atoms with Crippen molar-refractivity contribution in [2.75, 3.05) is 0 Å². The summed E-state index contributed by atoms with van der Waals surface area (Å²) in [7, 11) is 0. The van der Waals surface area contributed by atoms with Crippen LogP contribution in [0.5, 0.6) is 0 Å². The Morgan fingerprint density at radius 3 is 2.75 bits per heavy atom. The predicted molar refractivity (Wildman–Crippen MR) is 83.3 cm³/mol. The zero-order valence-electron chi connectivity index (χ0n) is 11.7. The average Bonchev–Trinajstić information content (AvgIpc) is 2.77. The lowest BCUT2D eigenvalue weighted by molar-refractivity contribution is 0.318. The van der Waals surface area contributed by atoms with Gasteiger partial charge in [0.25, 0.3) is 0 Å². The fraction of sp³-hybridized carbons (Fsp3) is 0.267. The molecule has 20 heavy (non-hydrogen) atoms. The second-order valence-corrected chi connectivity index (χ2v) is 6.08. The molecule has 0 aliphatic heterocycles. The Morgan fingerprint density at radius 2 is 2.10 bits per heavy atom. The van der Waals surface area contributed by atoms with E-state index in [9.17, 15) is 0 Å². The highest BCUT2D eigenvalue weighted by molar-refractivity contribution is 7.12. The summed E-state index contributed by atoms with van der Waals surface area (Å²) in [5.41, 5.74) is 8.77. The number of hydrogen-bond acceptors (Lipinski definition) is 4. The molecule has 0 saturated carbocycles. The van der Waals surface area contributed by atoms with Crippen LogP contribution in [0.15, 0.2) is 35.5 Å². The van der Waals surface area contributed by atoms with Crippen molar-refractivity contribution in [3.8, 4) is 0 Å². The topological polar surface area (TPSA) is 70.6 Å². The zero-order chi connectivity index (χ0) is 14.5. The highest BCUT2D eigenvalue weighted by atomic mass is 32.1. The van der Waals surface area contributed by atoms with Crippen molar-refractivity contribution in [1.82, 2.24) is 5.32 Å². The fourth-order valence-corrected chi connectivity index (χ4v) is 2.99. The van der Waals surface area contributed by atoms with Gasteiger partial charge < -0.3 is 16.3 Å². The number of hydrogen-bond donors (Lipinski definition) is 3. The number of nitrogens with zero attached hydrogens (tertiary/aromatic N) is 1. The SMILES string of the molecule is Cc1cc(CNCc2cccc(C(N)=NO)c2)sc1C. The van der Waals surface area contributed by atoms with Crippen LogP contribution in [0.3, 0.4) is 0 Å². The second-order valence-electron chi connectivity index (χ2n) is 4.74. The highest BCUT2D eigenvalue weighted by Crippen LogP contribution is 2.20. The van der Waals surface area contributed by atoms with Crippen molar-refractivity contribution in [3.05, 3.63) is 56.8 Å². The van der Waals surface area contributed by atoms with E-state index < -0.39 is 0 Å². The molecule has 1 aromatic heterocycles. The van der Waals surface area contributed by atoms with Gasteiger partial charge in [-0.3, -0.25) is 0 Å². The van der Waals surface area contributed by atoms with Gasteiger partial charge in [0.15, 0.2) is 5.84 Å². The summed E-state index contributed by atoms with van der Waals surface area (Å²) in [6.07, 6.45) is 0. The molecule has 0 atom stereocenters. The minimum absolute atomic E-state index is 0.136. The van der Waals surface area contributed by atoms with Crippen molar-refractivity contribution in [3.63, 3.8) is 0 Å². The molecule has 0 unspecified atom stereocenters. The van der Waals surface area contributed by atoms with Gasteiger partial charge in [0, 0.05) is 28.4 Å².